The number of rotatable bonds is 5. The molecule has 1 rings (SSSR count). The number of hydrogen-bond donors (Lipinski definition) is 0. The maximum Gasteiger partial charge on any atom is 0.152 e. The van der Waals surface area contributed by atoms with Crippen molar-refractivity contribution in [3.05, 3.63) is 16.6 Å². The van der Waals surface area contributed by atoms with Crippen LogP contribution in [0.1, 0.15) is 38.3 Å². The fourth-order valence-electron chi connectivity index (χ4n) is 1.05. The molecular formula is C9H14NS. The summed E-state index contributed by atoms with van der Waals surface area (Å²) >= 11 is 1.57. The van der Waals surface area contributed by atoms with Gasteiger partial charge in [0.15, 0.2) is 5.51 Å². The summed E-state index contributed by atoms with van der Waals surface area (Å²) in [4.78, 5) is 4.11. The van der Waals surface area contributed by atoms with Crippen molar-refractivity contribution in [3.8, 4) is 0 Å². The van der Waals surface area contributed by atoms with Gasteiger partial charge in [0, 0.05) is 5.38 Å². The maximum atomic E-state index is 4.11. The molecular weight excluding hydrogens is 154 g/mol. The normalized spacial score (nSPS) is 10.3. The Morgan fingerprint density at radius 2 is 2.36 bits per heavy atom. The Bertz CT molecular complexity index is 170. The lowest BCUT2D eigenvalue weighted by molar-refractivity contribution is 0.662. The lowest BCUT2D eigenvalue weighted by Gasteiger charge is -1.95. The Morgan fingerprint density at radius 3 is 3.00 bits per heavy atom. The maximum absolute atomic E-state index is 4.11. The van der Waals surface area contributed by atoms with E-state index in [-0.39, 0.29) is 0 Å². The molecule has 1 aromatic heterocycles. The topological polar surface area (TPSA) is 12.9 Å². The van der Waals surface area contributed by atoms with Gasteiger partial charge in [-0.1, -0.05) is 26.2 Å². The van der Waals surface area contributed by atoms with Crippen LogP contribution in [0, 0.1) is 5.51 Å². The van der Waals surface area contributed by atoms with E-state index in [4.69, 9.17) is 0 Å². The molecule has 0 amide bonds. The largest absolute Gasteiger partial charge is 0.239 e. The van der Waals surface area contributed by atoms with Crippen molar-refractivity contribution in [1.82, 2.24) is 4.98 Å². The standard InChI is InChI=1S/C9H14NS/c1-2-3-4-5-6-9-7-11-8-10-9/h7H,2-6H2,1H3. The second-order valence-corrected chi connectivity index (χ2v) is 3.39. The lowest BCUT2D eigenvalue weighted by Crippen LogP contribution is -1.84. The monoisotopic (exact) mass is 168 g/mol. The predicted octanol–water partition coefficient (Wildman–Crippen LogP) is 3.07. The third kappa shape index (κ3) is 3.51. The number of hydrogen-bond acceptors (Lipinski definition) is 2. The van der Waals surface area contributed by atoms with Crippen LogP contribution in [0.4, 0.5) is 0 Å². The number of nitrogens with zero attached hydrogens (tertiary/aromatic N) is 1. The van der Waals surface area contributed by atoms with Crippen molar-refractivity contribution >= 4 is 11.3 Å². The zero-order valence-electron chi connectivity index (χ0n) is 6.97. The second kappa shape index (κ2) is 5.30. The third-order valence-corrected chi connectivity index (χ3v) is 2.31. The molecule has 1 nitrogen and oxygen atoms in total. The van der Waals surface area contributed by atoms with Gasteiger partial charge in [0.2, 0.25) is 0 Å². The van der Waals surface area contributed by atoms with Gasteiger partial charge in [-0.15, -0.1) is 11.3 Å². The van der Waals surface area contributed by atoms with Gasteiger partial charge in [-0.2, -0.15) is 0 Å². The summed E-state index contributed by atoms with van der Waals surface area (Å²) in [5.41, 5.74) is 4.08. The van der Waals surface area contributed by atoms with E-state index in [1.165, 1.54) is 31.4 Å². The lowest BCUT2D eigenvalue weighted by atomic mass is 10.1. The molecule has 1 heterocycles. The molecule has 0 unspecified atom stereocenters. The molecule has 1 radical (unpaired) electrons. The Hall–Kier alpha value is -0.370. The highest BCUT2D eigenvalue weighted by Gasteiger charge is 1.93. The SMILES string of the molecule is CCCCCCc1cs[c]n1. The van der Waals surface area contributed by atoms with Crippen LogP contribution in [0.15, 0.2) is 5.38 Å². The van der Waals surface area contributed by atoms with Crippen LogP contribution in [-0.4, -0.2) is 4.98 Å². The van der Waals surface area contributed by atoms with E-state index in [2.05, 4.69) is 22.8 Å². The van der Waals surface area contributed by atoms with Crippen molar-refractivity contribution < 1.29 is 0 Å². The van der Waals surface area contributed by atoms with Gasteiger partial charge in [0.05, 0.1) is 5.69 Å². The van der Waals surface area contributed by atoms with Crippen LogP contribution in [-0.2, 0) is 6.42 Å². The minimum atomic E-state index is 1.14. The van der Waals surface area contributed by atoms with Crippen LogP contribution in [0.5, 0.6) is 0 Å². The summed E-state index contributed by atoms with van der Waals surface area (Å²) in [6.45, 7) is 2.23. The molecule has 0 aliphatic rings. The summed E-state index contributed by atoms with van der Waals surface area (Å²) in [7, 11) is 0. The van der Waals surface area contributed by atoms with Crippen molar-refractivity contribution in [1.29, 1.82) is 0 Å². The first-order valence-corrected chi connectivity index (χ1v) is 5.12. The van der Waals surface area contributed by atoms with E-state index >= 15 is 0 Å². The van der Waals surface area contributed by atoms with E-state index in [1.54, 1.807) is 11.3 Å². The highest BCUT2D eigenvalue weighted by molar-refractivity contribution is 7.07. The van der Waals surface area contributed by atoms with Crippen molar-refractivity contribution in [2.75, 3.05) is 0 Å². The average Bonchev–Trinajstić information content (AvgIpc) is 2.50. The number of thiazole rings is 1. The molecule has 1 aromatic rings. The Kier molecular flexibility index (Phi) is 4.21. The third-order valence-electron chi connectivity index (χ3n) is 1.72. The molecule has 0 aliphatic heterocycles. The molecule has 2 heteroatoms. The molecule has 0 N–H and O–H groups in total. The summed E-state index contributed by atoms with van der Waals surface area (Å²) in [5, 5.41) is 2.09. The molecule has 61 valence electrons. The summed E-state index contributed by atoms with van der Waals surface area (Å²) in [6.07, 6.45) is 6.43. The van der Waals surface area contributed by atoms with E-state index in [9.17, 15) is 0 Å². The molecule has 0 saturated heterocycles. The minimum Gasteiger partial charge on any atom is -0.239 e. The number of unbranched alkanes of at least 4 members (excludes halogenated alkanes) is 3. The highest BCUT2D eigenvalue weighted by Crippen LogP contribution is 2.07. The first-order chi connectivity index (χ1) is 5.43. The summed E-state index contributed by atoms with van der Waals surface area (Å²) in [6, 6.07) is 0. The summed E-state index contributed by atoms with van der Waals surface area (Å²) < 4.78 is 0. The fourth-order valence-corrected chi connectivity index (χ4v) is 1.58. The molecule has 0 aliphatic carbocycles. The molecule has 0 bridgehead atoms. The molecule has 11 heavy (non-hydrogen) atoms. The molecule has 0 spiro atoms. The van der Waals surface area contributed by atoms with Gasteiger partial charge in [0.1, 0.15) is 0 Å². The van der Waals surface area contributed by atoms with E-state index in [0.29, 0.717) is 0 Å². The van der Waals surface area contributed by atoms with E-state index in [0.717, 1.165) is 6.42 Å². The summed E-state index contributed by atoms with van der Waals surface area (Å²) in [5.74, 6) is 0. The number of aryl methyl sites for hydroxylation is 1. The van der Waals surface area contributed by atoms with Crippen LogP contribution in [0.25, 0.3) is 0 Å². The predicted molar refractivity (Wildman–Crippen MR) is 48.8 cm³/mol. The average molecular weight is 168 g/mol. The van der Waals surface area contributed by atoms with Gasteiger partial charge < -0.3 is 0 Å². The quantitative estimate of drug-likeness (QED) is 0.616. The number of aromatic nitrogens is 1. The molecule has 0 saturated carbocycles. The van der Waals surface area contributed by atoms with Crippen LogP contribution in [0.3, 0.4) is 0 Å². The van der Waals surface area contributed by atoms with Gasteiger partial charge in [-0.25, -0.2) is 4.98 Å². The van der Waals surface area contributed by atoms with Crippen molar-refractivity contribution in [2.24, 2.45) is 0 Å². The molecule has 0 atom stereocenters. The fraction of sp³-hybridized carbons (Fsp3) is 0.667. The Labute approximate surface area is 72.5 Å². The smallest absolute Gasteiger partial charge is 0.152 e. The van der Waals surface area contributed by atoms with Gasteiger partial charge in [-0.05, 0) is 12.8 Å². The molecule has 0 fully saturated rings. The zero-order valence-corrected chi connectivity index (χ0v) is 7.78. The van der Waals surface area contributed by atoms with Gasteiger partial charge >= 0.3 is 0 Å². The van der Waals surface area contributed by atoms with Crippen LogP contribution in [0.2, 0.25) is 0 Å². The Morgan fingerprint density at radius 1 is 1.45 bits per heavy atom. The minimum absolute atomic E-state index is 1.14. The van der Waals surface area contributed by atoms with Crippen molar-refractivity contribution in [3.63, 3.8) is 0 Å². The second-order valence-electron chi connectivity index (χ2n) is 2.74. The van der Waals surface area contributed by atoms with E-state index < -0.39 is 0 Å². The van der Waals surface area contributed by atoms with Gasteiger partial charge in [0.25, 0.3) is 0 Å². The van der Waals surface area contributed by atoms with Crippen LogP contribution < -0.4 is 0 Å². The highest BCUT2D eigenvalue weighted by atomic mass is 32.1. The van der Waals surface area contributed by atoms with Gasteiger partial charge in [-0.3, -0.25) is 0 Å². The first kappa shape index (κ1) is 8.72. The van der Waals surface area contributed by atoms with Crippen molar-refractivity contribution in [2.45, 2.75) is 39.0 Å². The first-order valence-electron chi connectivity index (χ1n) is 4.24. The molecule has 0 aromatic carbocycles. The van der Waals surface area contributed by atoms with Crippen LogP contribution >= 0.6 is 11.3 Å². The zero-order chi connectivity index (χ0) is 7.94. The van der Waals surface area contributed by atoms with E-state index in [1.807, 2.05) is 0 Å². The Balaban J connectivity index is 2.04.